The predicted octanol–water partition coefficient (Wildman–Crippen LogP) is 4.40. The third kappa shape index (κ3) is 2.62. The number of hydrogen-bond acceptors (Lipinski definition) is 4. The van der Waals surface area contributed by atoms with E-state index in [0.717, 1.165) is 22.3 Å². The molecule has 2 aliphatic rings. The van der Waals surface area contributed by atoms with Gasteiger partial charge in [0.25, 0.3) is 0 Å². The van der Waals surface area contributed by atoms with Crippen molar-refractivity contribution < 1.29 is 19.1 Å². The lowest BCUT2D eigenvalue weighted by molar-refractivity contribution is -0.152. The maximum Gasteiger partial charge on any atom is 0.323 e. The van der Waals surface area contributed by atoms with Gasteiger partial charge in [0.2, 0.25) is 0 Å². The standard InChI is InChI=1S/C25H26O4/c1-4-29-16-19-15-25(23(27)28-3)21(18-13-9-6-10-14-18)20(24(19,2)22(25)26)17-11-7-5-8-12-17/h5-14,19H,4,15-16H2,1-3H3/t19-,24-,25-/m1/s1. The van der Waals surface area contributed by atoms with Crippen LogP contribution in [0.1, 0.15) is 31.4 Å². The predicted molar refractivity (Wildman–Crippen MR) is 112 cm³/mol. The highest BCUT2D eigenvalue weighted by Gasteiger charge is 2.72. The summed E-state index contributed by atoms with van der Waals surface area (Å²) in [6, 6.07) is 19.7. The fraction of sp³-hybridized carbons (Fsp3) is 0.360. The molecule has 0 saturated heterocycles. The lowest BCUT2D eigenvalue weighted by atomic mass is 9.67. The van der Waals surface area contributed by atoms with Crippen LogP contribution in [0.3, 0.4) is 0 Å². The summed E-state index contributed by atoms with van der Waals surface area (Å²) in [5.74, 6) is -0.631. The molecule has 0 N–H and O–H groups in total. The monoisotopic (exact) mass is 390 g/mol. The van der Waals surface area contributed by atoms with Gasteiger partial charge in [-0.15, -0.1) is 0 Å². The smallest absolute Gasteiger partial charge is 0.323 e. The van der Waals surface area contributed by atoms with Gasteiger partial charge in [0.15, 0.2) is 11.2 Å². The average Bonchev–Trinajstić information content (AvgIpc) is 3.11. The first-order valence-corrected chi connectivity index (χ1v) is 10.1. The van der Waals surface area contributed by atoms with E-state index in [4.69, 9.17) is 9.47 Å². The molecule has 0 aromatic heterocycles. The molecule has 2 aromatic rings. The zero-order chi connectivity index (χ0) is 20.6. The van der Waals surface area contributed by atoms with Crippen LogP contribution in [0.15, 0.2) is 60.7 Å². The van der Waals surface area contributed by atoms with Crippen LogP contribution in [0.5, 0.6) is 0 Å². The van der Waals surface area contributed by atoms with Crippen molar-refractivity contribution in [2.24, 2.45) is 16.7 Å². The van der Waals surface area contributed by atoms with E-state index >= 15 is 0 Å². The minimum Gasteiger partial charge on any atom is -0.468 e. The van der Waals surface area contributed by atoms with Gasteiger partial charge in [-0.05, 0) is 42.5 Å². The highest BCUT2D eigenvalue weighted by atomic mass is 16.5. The summed E-state index contributed by atoms with van der Waals surface area (Å²) in [5, 5.41) is 0. The minimum atomic E-state index is -1.29. The lowest BCUT2D eigenvalue weighted by Gasteiger charge is -2.35. The Morgan fingerprint density at radius 3 is 2.07 bits per heavy atom. The lowest BCUT2D eigenvalue weighted by Crippen LogP contribution is -2.37. The molecule has 3 atom stereocenters. The van der Waals surface area contributed by atoms with Gasteiger partial charge in [-0.1, -0.05) is 60.7 Å². The SMILES string of the molecule is CCOC[C@H]1C[C@]2(C(=O)OC)C(=O)[C@@]1(C)C(c1ccccc1)=C2c1ccccc1. The van der Waals surface area contributed by atoms with Gasteiger partial charge < -0.3 is 9.47 Å². The Morgan fingerprint density at radius 2 is 1.55 bits per heavy atom. The van der Waals surface area contributed by atoms with Crippen LogP contribution in [0.25, 0.3) is 11.1 Å². The van der Waals surface area contributed by atoms with E-state index in [1.807, 2.05) is 74.5 Å². The van der Waals surface area contributed by atoms with Gasteiger partial charge >= 0.3 is 5.97 Å². The first kappa shape index (κ1) is 19.6. The van der Waals surface area contributed by atoms with Crippen molar-refractivity contribution >= 4 is 22.9 Å². The van der Waals surface area contributed by atoms with E-state index in [-0.39, 0.29) is 11.7 Å². The summed E-state index contributed by atoms with van der Waals surface area (Å²) < 4.78 is 11.0. The molecule has 0 radical (unpaired) electrons. The van der Waals surface area contributed by atoms with E-state index in [1.54, 1.807) is 0 Å². The Morgan fingerprint density at radius 1 is 1.00 bits per heavy atom. The van der Waals surface area contributed by atoms with Gasteiger partial charge in [-0.3, -0.25) is 9.59 Å². The van der Waals surface area contributed by atoms with Gasteiger partial charge in [0.05, 0.1) is 19.1 Å². The van der Waals surface area contributed by atoms with Crippen LogP contribution in [-0.4, -0.2) is 32.1 Å². The second-order valence-corrected chi connectivity index (χ2v) is 7.97. The van der Waals surface area contributed by atoms with E-state index in [9.17, 15) is 9.59 Å². The van der Waals surface area contributed by atoms with E-state index in [2.05, 4.69) is 0 Å². The summed E-state index contributed by atoms with van der Waals surface area (Å²) in [4.78, 5) is 27.2. The number of methoxy groups -OCH3 is 1. The summed E-state index contributed by atoms with van der Waals surface area (Å²) in [7, 11) is 1.36. The summed E-state index contributed by atoms with van der Waals surface area (Å²) in [6.07, 6.45) is 0.412. The molecule has 2 bridgehead atoms. The Labute approximate surface area is 171 Å². The third-order valence-electron chi connectivity index (χ3n) is 6.61. The molecule has 29 heavy (non-hydrogen) atoms. The first-order chi connectivity index (χ1) is 14.0. The number of ketones is 1. The second-order valence-electron chi connectivity index (χ2n) is 7.97. The van der Waals surface area contributed by atoms with Crippen LogP contribution in [0, 0.1) is 16.7 Å². The number of carbonyl (C=O) groups is 2. The molecule has 4 rings (SSSR count). The highest BCUT2D eigenvalue weighted by Crippen LogP contribution is 2.69. The molecular weight excluding hydrogens is 364 g/mol. The average molecular weight is 390 g/mol. The van der Waals surface area contributed by atoms with Crippen LogP contribution >= 0.6 is 0 Å². The fourth-order valence-electron chi connectivity index (χ4n) is 5.28. The maximum atomic E-state index is 14.0. The van der Waals surface area contributed by atoms with Crippen molar-refractivity contribution in [3.8, 4) is 0 Å². The molecule has 2 aliphatic carbocycles. The van der Waals surface area contributed by atoms with Gasteiger partial charge in [0.1, 0.15) is 0 Å². The number of rotatable bonds is 6. The number of carbonyl (C=O) groups excluding carboxylic acids is 2. The zero-order valence-corrected chi connectivity index (χ0v) is 17.1. The van der Waals surface area contributed by atoms with Gasteiger partial charge in [0, 0.05) is 12.5 Å². The molecule has 1 saturated carbocycles. The van der Waals surface area contributed by atoms with E-state index < -0.39 is 16.8 Å². The van der Waals surface area contributed by atoms with Crippen LogP contribution in [-0.2, 0) is 19.1 Å². The van der Waals surface area contributed by atoms with Crippen molar-refractivity contribution in [2.45, 2.75) is 20.3 Å². The van der Waals surface area contributed by atoms with Crippen LogP contribution in [0.2, 0.25) is 0 Å². The number of Topliss-reactive ketones (excluding diaryl/α,β-unsaturated/α-hetero) is 1. The summed E-state index contributed by atoms with van der Waals surface area (Å²) in [5.41, 5.74) is 1.47. The molecule has 1 fully saturated rings. The fourth-order valence-corrected chi connectivity index (χ4v) is 5.28. The molecule has 4 heteroatoms. The van der Waals surface area contributed by atoms with Crippen molar-refractivity contribution in [2.75, 3.05) is 20.3 Å². The summed E-state index contributed by atoms with van der Waals surface area (Å²) >= 11 is 0. The minimum absolute atomic E-state index is 0.0701. The van der Waals surface area contributed by atoms with Gasteiger partial charge in [-0.25, -0.2) is 0 Å². The number of ether oxygens (including phenoxy) is 2. The van der Waals surface area contributed by atoms with Gasteiger partial charge in [-0.2, -0.15) is 0 Å². The van der Waals surface area contributed by atoms with Crippen LogP contribution in [0.4, 0.5) is 0 Å². The maximum absolute atomic E-state index is 14.0. The highest BCUT2D eigenvalue weighted by molar-refractivity contribution is 6.31. The number of benzene rings is 2. The zero-order valence-electron chi connectivity index (χ0n) is 17.1. The number of allylic oxidation sites excluding steroid dienone is 1. The Kier molecular flexibility index (Phi) is 4.91. The molecule has 0 heterocycles. The van der Waals surface area contributed by atoms with E-state index in [0.29, 0.717) is 19.6 Å². The molecule has 0 aliphatic heterocycles. The van der Waals surface area contributed by atoms with Crippen LogP contribution < -0.4 is 0 Å². The second kappa shape index (κ2) is 7.27. The number of esters is 1. The molecular formula is C25H26O4. The molecule has 0 amide bonds. The van der Waals surface area contributed by atoms with Crippen molar-refractivity contribution in [1.29, 1.82) is 0 Å². The van der Waals surface area contributed by atoms with Crippen molar-refractivity contribution in [3.05, 3.63) is 71.8 Å². The van der Waals surface area contributed by atoms with Crippen molar-refractivity contribution in [1.82, 2.24) is 0 Å². The quantitative estimate of drug-likeness (QED) is 0.542. The molecule has 0 unspecified atom stereocenters. The number of hydrogen-bond donors (Lipinski definition) is 0. The van der Waals surface area contributed by atoms with Crippen molar-refractivity contribution in [3.63, 3.8) is 0 Å². The molecule has 2 aromatic carbocycles. The normalized spacial score (nSPS) is 28.1. The largest absolute Gasteiger partial charge is 0.468 e. The molecule has 4 nitrogen and oxygen atoms in total. The van der Waals surface area contributed by atoms with E-state index in [1.165, 1.54) is 7.11 Å². The topological polar surface area (TPSA) is 52.6 Å². The summed E-state index contributed by atoms with van der Waals surface area (Å²) in [6.45, 7) is 4.93. The first-order valence-electron chi connectivity index (χ1n) is 10.1. The third-order valence-corrected chi connectivity index (χ3v) is 6.61. The number of fused-ring (bicyclic) bond motifs is 2. The Balaban J connectivity index is 2.05. The molecule has 0 spiro atoms. The molecule has 150 valence electrons. The Hall–Kier alpha value is -2.72. The Bertz CT molecular complexity index is 963.